The van der Waals surface area contributed by atoms with Gasteiger partial charge in [0.1, 0.15) is 11.6 Å². The molecule has 0 spiro atoms. The molecular formula is C7H3Br3F2. The summed E-state index contributed by atoms with van der Waals surface area (Å²) in [6.07, 6.45) is 0. The molecule has 0 aromatic heterocycles. The van der Waals surface area contributed by atoms with Crippen molar-refractivity contribution in [2.24, 2.45) is 0 Å². The molecule has 0 heterocycles. The van der Waals surface area contributed by atoms with Crippen LogP contribution in [0, 0.1) is 11.6 Å². The van der Waals surface area contributed by atoms with Crippen LogP contribution in [0.1, 0.15) is 5.56 Å². The fraction of sp³-hybridized carbons (Fsp3) is 0.143. The van der Waals surface area contributed by atoms with Crippen molar-refractivity contribution < 1.29 is 8.78 Å². The summed E-state index contributed by atoms with van der Waals surface area (Å²) in [5.41, 5.74) is 0.280. The highest BCUT2D eigenvalue weighted by molar-refractivity contribution is 9.11. The van der Waals surface area contributed by atoms with Gasteiger partial charge in [0.25, 0.3) is 0 Å². The average Bonchev–Trinajstić information content (AvgIpc) is 2.02. The Morgan fingerprint density at radius 2 is 1.83 bits per heavy atom. The summed E-state index contributed by atoms with van der Waals surface area (Å²) in [5, 5.41) is 0.274. The molecule has 66 valence electrons. The van der Waals surface area contributed by atoms with E-state index in [1.807, 2.05) is 0 Å². The van der Waals surface area contributed by atoms with Crippen LogP contribution in [0.15, 0.2) is 15.0 Å². The Hall–Kier alpha value is 0.520. The van der Waals surface area contributed by atoms with Crippen molar-refractivity contribution in [2.75, 3.05) is 0 Å². The molecule has 0 fully saturated rings. The first kappa shape index (κ1) is 10.6. The molecule has 0 radical (unpaired) electrons. The van der Waals surface area contributed by atoms with Gasteiger partial charge in [-0.1, -0.05) is 15.9 Å². The standard InChI is InChI=1S/C7H3Br3F2/c8-2-3-6(10)5(11)1-4(9)7(3)12/h1H,2H2. The van der Waals surface area contributed by atoms with Crippen LogP contribution < -0.4 is 0 Å². The molecule has 12 heavy (non-hydrogen) atoms. The van der Waals surface area contributed by atoms with E-state index in [9.17, 15) is 8.78 Å². The quantitative estimate of drug-likeness (QED) is 0.512. The van der Waals surface area contributed by atoms with Crippen LogP contribution in [0.4, 0.5) is 8.78 Å². The van der Waals surface area contributed by atoms with Crippen molar-refractivity contribution >= 4 is 47.8 Å². The van der Waals surface area contributed by atoms with Crippen LogP contribution in [0.5, 0.6) is 0 Å². The van der Waals surface area contributed by atoms with Gasteiger partial charge in [0, 0.05) is 10.9 Å². The van der Waals surface area contributed by atoms with Crippen LogP contribution in [0.25, 0.3) is 0 Å². The molecule has 1 aromatic carbocycles. The molecule has 0 nitrogen and oxygen atoms in total. The van der Waals surface area contributed by atoms with Crippen molar-refractivity contribution in [1.82, 2.24) is 0 Å². The average molecular weight is 365 g/mol. The Morgan fingerprint density at radius 1 is 1.25 bits per heavy atom. The second-order valence-corrected chi connectivity index (χ2v) is 4.29. The van der Waals surface area contributed by atoms with E-state index in [1.165, 1.54) is 0 Å². The van der Waals surface area contributed by atoms with Gasteiger partial charge >= 0.3 is 0 Å². The van der Waals surface area contributed by atoms with Crippen molar-refractivity contribution in [2.45, 2.75) is 5.33 Å². The minimum Gasteiger partial charge on any atom is -0.206 e. The van der Waals surface area contributed by atoms with Gasteiger partial charge in [-0.3, -0.25) is 0 Å². The predicted molar refractivity (Wildman–Crippen MR) is 54.4 cm³/mol. The number of hydrogen-bond acceptors (Lipinski definition) is 0. The molecule has 5 heteroatoms. The number of halogens is 5. The Morgan fingerprint density at radius 3 is 2.33 bits per heavy atom. The molecule has 1 rings (SSSR count). The summed E-state index contributed by atoms with van der Waals surface area (Å²) in [4.78, 5) is 0. The highest BCUT2D eigenvalue weighted by Crippen LogP contribution is 2.30. The Kier molecular flexibility index (Phi) is 3.67. The molecular weight excluding hydrogens is 362 g/mol. The van der Waals surface area contributed by atoms with Crippen molar-refractivity contribution in [3.8, 4) is 0 Å². The Bertz CT molecular complexity index is 286. The summed E-state index contributed by atoms with van der Waals surface area (Å²) >= 11 is 8.94. The lowest BCUT2D eigenvalue weighted by Gasteiger charge is -2.04. The predicted octanol–water partition coefficient (Wildman–Crippen LogP) is 4.38. The second-order valence-electron chi connectivity index (χ2n) is 2.08. The first-order valence-corrected chi connectivity index (χ1v) is 5.66. The maximum absolute atomic E-state index is 13.2. The van der Waals surface area contributed by atoms with E-state index in [0.29, 0.717) is 0 Å². The minimum atomic E-state index is -0.474. The third kappa shape index (κ3) is 1.88. The fourth-order valence-corrected chi connectivity index (χ4v) is 2.51. The van der Waals surface area contributed by atoms with Crippen molar-refractivity contribution in [3.05, 3.63) is 32.2 Å². The lowest BCUT2D eigenvalue weighted by atomic mass is 10.2. The molecule has 0 aliphatic heterocycles. The van der Waals surface area contributed by atoms with E-state index in [1.54, 1.807) is 0 Å². The van der Waals surface area contributed by atoms with Crippen LogP contribution >= 0.6 is 47.8 Å². The van der Waals surface area contributed by atoms with Crippen LogP contribution in [-0.4, -0.2) is 0 Å². The smallest absolute Gasteiger partial charge is 0.142 e. The summed E-state index contributed by atoms with van der Waals surface area (Å²) in [5.74, 6) is -0.919. The zero-order valence-electron chi connectivity index (χ0n) is 5.67. The molecule has 0 amide bonds. The number of benzene rings is 1. The minimum absolute atomic E-state index is 0.137. The molecule has 0 aliphatic carbocycles. The van der Waals surface area contributed by atoms with Crippen LogP contribution in [0.3, 0.4) is 0 Å². The van der Waals surface area contributed by atoms with Crippen molar-refractivity contribution in [1.29, 1.82) is 0 Å². The molecule has 0 unspecified atom stereocenters. The fourth-order valence-electron chi connectivity index (χ4n) is 0.740. The van der Waals surface area contributed by atoms with Crippen molar-refractivity contribution in [3.63, 3.8) is 0 Å². The van der Waals surface area contributed by atoms with Gasteiger partial charge in [-0.05, 0) is 37.9 Å². The third-order valence-corrected chi connectivity index (χ3v) is 3.33. The van der Waals surface area contributed by atoms with E-state index < -0.39 is 11.6 Å². The van der Waals surface area contributed by atoms with Crippen LogP contribution in [-0.2, 0) is 5.33 Å². The first-order chi connectivity index (χ1) is 5.57. The Labute approximate surface area is 93.7 Å². The first-order valence-electron chi connectivity index (χ1n) is 2.95. The molecule has 0 atom stereocenters. The molecule has 0 aliphatic rings. The van der Waals surface area contributed by atoms with E-state index >= 15 is 0 Å². The molecule has 0 bridgehead atoms. The monoisotopic (exact) mass is 362 g/mol. The normalized spacial score (nSPS) is 10.4. The number of hydrogen-bond donors (Lipinski definition) is 0. The largest absolute Gasteiger partial charge is 0.206 e. The zero-order valence-corrected chi connectivity index (χ0v) is 10.4. The van der Waals surface area contributed by atoms with Gasteiger partial charge in [-0.2, -0.15) is 0 Å². The number of alkyl halides is 1. The maximum Gasteiger partial charge on any atom is 0.142 e. The molecule has 0 N–H and O–H groups in total. The summed E-state index contributed by atoms with van der Waals surface area (Å²) in [7, 11) is 0. The summed E-state index contributed by atoms with van der Waals surface area (Å²) in [6, 6.07) is 1.09. The van der Waals surface area contributed by atoms with E-state index in [4.69, 9.17) is 0 Å². The highest BCUT2D eigenvalue weighted by atomic mass is 79.9. The van der Waals surface area contributed by atoms with E-state index in [0.717, 1.165) is 6.07 Å². The van der Waals surface area contributed by atoms with E-state index in [-0.39, 0.29) is 19.8 Å². The lowest BCUT2D eigenvalue weighted by molar-refractivity contribution is 0.580. The van der Waals surface area contributed by atoms with E-state index in [2.05, 4.69) is 47.8 Å². The SMILES string of the molecule is Fc1cc(Br)c(F)c(CBr)c1Br. The zero-order chi connectivity index (χ0) is 9.30. The van der Waals surface area contributed by atoms with Gasteiger partial charge in [0.15, 0.2) is 0 Å². The van der Waals surface area contributed by atoms with Gasteiger partial charge in [-0.25, -0.2) is 8.78 Å². The molecule has 0 saturated heterocycles. The molecule has 1 aromatic rings. The topological polar surface area (TPSA) is 0 Å². The van der Waals surface area contributed by atoms with Gasteiger partial charge < -0.3 is 0 Å². The highest BCUT2D eigenvalue weighted by Gasteiger charge is 2.13. The van der Waals surface area contributed by atoms with Crippen LogP contribution in [0.2, 0.25) is 0 Å². The summed E-state index contributed by atoms with van der Waals surface area (Å²) in [6.45, 7) is 0. The summed E-state index contributed by atoms with van der Waals surface area (Å²) < 4.78 is 26.4. The van der Waals surface area contributed by atoms with Gasteiger partial charge in [-0.15, -0.1) is 0 Å². The Balaban J connectivity index is 3.42. The van der Waals surface area contributed by atoms with Gasteiger partial charge in [0.2, 0.25) is 0 Å². The lowest BCUT2D eigenvalue weighted by Crippen LogP contribution is -1.93. The third-order valence-electron chi connectivity index (χ3n) is 1.34. The number of rotatable bonds is 1. The second kappa shape index (κ2) is 4.15. The van der Waals surface area contributed by atoms with Gasteiger partial charge in [0.05, 0.1) is 8.95 Å². The molecule has 0 saturated carbocycles. The maximum atomic E-state index is 13.2.